The second-order valence-corrected chi connectivity index (χ2v) is 11.3. The zero-order valence-corrected chi connectivity index (χ0v) is 23.9. The maximum Gasteiger partial charge on any atom is 0.407 e. The molecule has 0 spiro atoms. The number of nitrogens with one attached hydrogen (secondary N) is 1. The molecular weight excluding hydrogens is 492 g/mol. The van der Waals surface area contributed by atoms with Crippen LogP contribution in [0, 0.1) is 12.8 Å². The van der Waals surface area contributed by atoms with Crippen molar-refractivity contribution in [1.29, 1.82) is 0 Å². The van der Waals surface area contributed by atoms with E-state index in [9.17, 15) is 9.59 Å². The van der Waals surface area contributed by atoms with Crippen molar-refractivity contribution in [3.05, 3.63) is 59.2 Å². The van der Waals surface area contributed by atoms with Gasteiger partial charge in [0.25, 0.3) is 0 Å². The van der Waals surface area contributed by atoms with E-state index in [1.54, 1.807) is 7.05 Å². The molecule has 4 rings (SSSR count). The average molecular weight is 537 g/mol. The Morgan fingerprint density at radius 3 is 2.56 bits per heavy atom. The Kier molecular flexibility index (Phi) is 9.86. The molecule has 1 saturated carbocycles. The second kappa shape index (κ2) is 13.3. The predicted octanol–water partition coefficient (Wildman–Crippen LogP) is 4.54. The van der Waals surface area contributed by atoms with Crippen LogP contribution in [0.15, 0.2) is 42.5 Å². The van der Waals surface area contributed by atoms with E-state index < -0.39 is 6.09 Å². The quantitative estimate of drug-likeness (QED) is 0.490. The Labute approximate surface area is 232 Å². The summed E-state index contributed by atoms with van der Waals surface area (Å²) in [4.78, 5) is 30.0. The number of aryl methyl sites for hydroxylation is 1. The summed E-state index contributed by atoms with van der Waals surface area (Å²) >= 11 is 0. The number of piperazine rings is 1. The first-order valence-electron chi connectivity index (χ1n) is 14.2. The van der Waals surface area contributed by atoms with Crippen LogP contribution < -0.4 is 15.0 Å². The molecule has 1 saturated heterocycles. The van der Waals surface area contributed by atoms with Crippen LogP contribution in [0.3, 0.4) is 0 Å². The highest BCUT2D eigenvalue weighted by molar-refractivity contribution is 5.94. The predicted molar refractivity (Wildman–Crippen MR) is 155 cm³/mol. The molecule has 0 radical (unpaired) electrons. The van der Waals surface area contributed by atoms with Gasteiger partial charge < -0.3 is 25.0 Å². The van der Waals surface area contributed by atoms with Gasteiger partial charge in [-0.1, -0.05) is 18.2 Å². The number of hydrogen-bond acceptors (Lipinski definition) is 5. The third kappa shape index (κ3) is 7.96. The molecule has 8 heteroatoms. The number of carboxylic acid groups (broad SMARTS) is 1. The molecule has 0 unspecified atom stereocenters. The van der Waals surface area contributed by atoms with Crippen LogP contribution in [0.1, 0.15) is 49.3 Å². The highest BCUT2D eigenvalue weighted by Crippen LogP contribution is 2.31. The smallest absolute Gasteiger partial charge is 0.407 e. The number of ether oxygens (including phenoxy) is 1. The van der Waals surface area contributed by atoms with Crippen molar-refractivity contribution >= 4 is 17.7 Å². The van der Waals surface area contributed by atoms with Gasteiger partial charge in [0.05, 0.1) is 6.10 Å². The number of amides is 2. The third-order valence-corrected chi connectivity index (χ3v) is 8.18. The number of nitrogens with zero attached hydrogens (tertiary/aromatic N) is 3. The van der Waals surface area contributed by atoms with Gasteiger partial charge in [-0.2, -0.15) is 0 Å². The lowest BCUT2D eigenvalue weighted by Gasteiger charge is -2.32. The van der Waals surface area contributed by atoms with Crippen LogP contribution in [0.25, 0.3) is 0 Å². The summed E-state index contributed by atoms with van der Waals surface area (Å²) in [6.07, 6.45) is 3.12. The summed E-state index contributed by atoms with van der Waals surface area (Å²) in [5.74, 6) is 0.999. The maximum absolute atomic E-state index is 13.4. The Morgan fingerprint density at radius 2 is 1.87 bits per heavy atom. The second-order valence-electron chi connectivity index (χ2n) is 11.3. The number of carbonyl (C=O) groups excluding carboxylic acids is 1. The van der Waals surface area contributed by atoms with Crippen molar-refractivity contribution in [2.24, 2.45) is 5.92 Å². The molecule has 0 aromatic heterocycles. The first kappa shape index (κ1) is 28.9. The Balaban J connectivity index is 1.26. The van der Waals surface area contributed by atoms with E-state index >= 15 is 0 Å². The van der Waals surface area contributed by atoms with Crippen LogP contribution in [-0.4, -0.2) is 79.3 Å². The van der Waals surface area contributed by atoms with Gasteiger partial charge in [0.15, 0.2) is 0 Å². The number of benzene rings is 2. The highest BCUT2D eigenvalue weighted by atomic mass is 16.5. The van der Waals surface area contributed by atoms with E-state index in [1.165, 1.54) is 16.0 Å². The Morgan fingerprint density at radius 1 is 1.10 bits per heavy atom. The van der Waals surface area contributed by atoms with E-state index in [1.807, 2.05) is 36.2 Å². The zero-order valence-electron chi connectivity index (χ0n) is 23.9. The molecule has 2 N–H and O–H groups in total. The molecule has 1 heterocycles. The fraction of sp³-hybridized carbons (Fsp3) is 0.548. The van der Waals surface area contributed by atoms with Crippen LogP contribution >= 0.6 is 0 Å². The third-order valence-electron chi connectivity index (χ3n) is 8.18. The number of hydrogen-bond donors (Lipinski definition) is 2. The summed E-state index contributed by atoms with van der Waals surface area (Å²) < 4.78 is 6.26. The van der Waals surface area contributed by atoms with Gasteiger partial charge in [-0.3, -0.25) is 9.69 Å². The number of anilines is 1. The minimum absolute atomic E-state index is 0.00932. The van der Waals surface area contributed by atoms with Gasteiger partial charge in [0.1, 0.15) is 5.75 Å². The van der Waals surface area contributed by atoms with Crippen molar-refractivity contribution in [1.82, 2.24) is 15.1 Å². The van der Waals surface area contributed by atoms with Crippen molar-refractivity contribution in [2.45, 2.75) is 64.6 Å². The van der Waals surface area contributed by atoms with Crippen molar-refractivity contribution in [3.8, 4) is 5.75 Å². The minimum atomic E-state index is -0.924. The number of carbonyl (C=O) groups is 2. The molecule has 39 heavy (non-hydrogen) atoms. The molecule has 2 aromatic carbocycles. The van der Waals surface area contributed by atoms with Gasteiger partial charge in [-0.15, -0.1) is 0 Å². The van der Waals surface area contributed by atoms with E-state index in [-0.39, 0.29) is 17.9 Å². The first-order chi connectivity index (χ1) is 18.7. The summed E-state index contributed by atoms with van der Waals surface area (Å²) in [6, 6.07) is 14.8. The lowest BCUT2D eigenvalue weighted by molar-refractivity contribution is -0.123. The lowest BCUT2D eigenvalue weighted by Crippen LogP contribution is -2.48. The van der Waals surface area contributed by atoms with Crippen LogP contribution in [-0.2, 0) is 17.8 Å². The van der Waals surface area contributed by atoms with Gasteiger partial charge in [0.2, 0.25) is 5.91 Å². The largest absolute Gasteiger partial charge is 0.490 e. The van der Waals surface area contributed by atoms with Crippen molar-refractivity contribution in [3.63, 3.8) is 0 Å². The summed E-state index contributed by atoms with van der Waals surface area (Å²) in [5.41, 5.74) is 4.56. The molecule has 2 amide bonds. The minimum Gasteiger partial charge on any atom is -0.490 e. The van der Waals surface area contributed by atoms with Crippen molar-refractivity contribution in [2.75, 3.05) is 45.2 Å². The molecule has 8 nitrogen and oxygen atoms in total. The molecule has 2 aromatic rings. The summed E-state index contributed by atoms with van der Waals surface area (Å²) in [7, 11) is 3.47. The van der Waals surface area contributed by atoms with Gasteiger partial charge in [0, 0.05) is 64.5 Å². The van der Waals surface area contributed by atoms with E-state index in [4.69, 9.17) is 9.84 Å². The van der Waals surface area contributed by atoms with Gasteiger partial charge in [-0.25, -0.2) is 4.79 Å². The molecule has 1 aliphatic carbocycles. The van der Waals surface area contributed by atoms with E-state index in [2.05, 4.69) is 42.3 Å². The highest BCUT2D eigenvalue weighted by Gasteiger charge is 2.30. The average Bonchev–Trinajstić information content (AvgIpc) is 2.92. The fourth-order valence-electron chi connectivity index (χ4n) is 5.65. The molecule has 1 aliphatic heterocycles. The van der Waals surface area contributed by atoms with Gasteiger partial charge >= 0.3 is 6.09 Å². The summed E-state index contributed by atoms with van der Waals surface area (Å²) in [6.45, 7) is 8.91. The molecular formula is C31H44N4O4. The van der Waals surface area contributed by atoms with Crippen LogP contribution in [0.2, 0.25) is 0 Å². The Hall–Kier alpha value is -3.10. The van der Waals surface area contributed by atoms with Gasteiger partial charge in [-0.05, 0) is 86.9 Å². The molecule has 0 bridgehead atoms. The lowest BCUT2D eigenvalue weighted by atomic mass is 9.86. The fourth-order valence-corrected chi connectivity index (χ4v) is 5.65. The maximum atomic E-state index is 13.4. The number of rotatable bonds is 9. The normalized spacial score (nSPS) is 21.8. The topological polar surface area (TPSA) is 85.3 Å². The van der Waals surface area contributed by atoms with Crippen molar-refractivity contribution < 1.29 is 19.4 Å². The monoisotopic (exact) mass is 536 g/mol. The first-order valence-corrected chi connectivity index (χ1v) is 14.2. The molecule has 2 aliphatic rings. The summed E-state index contributed by atoms with van der Waals surface area (Å²) in [5, 5.41) is 12.5. The van der Waals surface area contributed by atoms with E-state index in [0.29, 0.717) is 19.0 Å². The standard InChI is InChI=1S/C31H44N4O4/c1-22-18-27(11-8-26(22)21-35-17-15-32-23(2)20-35)34(4)30(36)25-9-12-28(13-10-25)39-29-7-5-6-24(19-29)14-16-33(3)31(37)38/h5-8,11,18-19,23,25,28,32H,9-10,12-17,20-21H2,1-4H3,(H,37,38)/t23-,25-,28-/m0/s1. The van der Waals surface area contributed by atoms with E-state index in [0.717, 1.165) is 68.9 Å². The molecule has 1 atom stereocenters. The van der Waals surface area contributed by atoms with Crippen LogP contribution in [0.4, 0.5) is 10.5 Å². The zero-order chi connectivity index (χ0) is 27.9. The number of likely N-dealkylation sites (N-methyl/N-ethyl adjacent to an activating group) is 1. The van der Waals surface area contributed by atoms with Crippen LogP contribution in [0.5, 0.6) is 5.75 Å². The SMILES string of the molecule is Cc1cc(N(C)C(=O)[C@H]2CC[C@H](Oc3cccc(CCN(C)C(=O)O)c3)CC2)ccc1CN1CCN[C@@H](C)C1. The molecule has 2 fully saturated rings. The Bertz CT molecular complexity index is 1130. The molecule has 212 valence electrons.